The zero-order chi connectivity index (χ0) is 67.6. The van der Waals surface area contributed by atoms with E-state index in [0.29, 0.717) is 45.1 Å². The number of Topliss-reactive ketones (excluding diaryl/α,β-unsaturated/α-hetero) is 2. The van der Waals surface area contributed by atoms with Gasteiger partial charge in [-0.05, 0) is 175 Å². The van der Waals surface area contributed by atoms with E-state index in [-0.39, 0.29) is 51.1 Å². The number of carbonyl (C=O) groups is 5. The number of rotatable bonds is 0. The van der Waals surface area contributed by atoms with Gasteiger partial charge in [-0.15, -0.1) is 0 Å². The molecule has 6 aliphatic rings. The molecule has 2 saturated carbocycles. The van der Waals surface area contributed by atoms with E-state index < -0.39 is 69.5 Å². The molecule has 15 nitrogen and oxygen atoms in total. The molecule has 7 unspecified atom stereocenters. The van der Waals surface area contributed by atoms with Gasteiger partial charge in [0.2, 0.25) is 11.2 Å². The van der Waals surface area contributed by atoms with E-state index in [1.165, 1.54) is 19.0 Å². The molecule has 1 aromatic heterocycles. The molecule has 3 aliphatic heterocycles. The Kier molecular flexibility index (Phi) is 24.8. The van der Waals surface area contributed by atoms with Crippen LogP contribution in [0.2, 0.25) is 0 Å². The normalized spacial score (nSPS) is 28.0. The van der Waals surface area contributed by atoms with Gasteiger partial charge in [-0.3, -0.25) is 29.0 Å². The van der Waals surface area contributed by atoms with E-state index in [9.17, 15) is 67.8 Å². The van der Waals surface area contributed by atoms with Gasteiger partial charge in [-0.2, -0.15) is 8.78 Å². The number of nitrogens with zero attached hydrogens (tertiary/aromatic N) is 4. The highest BCUT2D eigenvalue weighted by Crippen LogP contribution is 2.38. The summed E-state index contributed by atoms with van der Waals surface area (Å²) < 4.78 is 40.3. The number of fused-ring (bicyclic) bond motifs is 1. The van der Waals surface area contributed by atoms with Crippen LogP contribution in [-0.2, 0) is 36.0 Å². The topological polar surface area (TPSA) is 229 Å². The molecule has 480 valence electrons. The predicted octanol–water partition coefficient (Wildman–Crippen LogP) is 7.39. The van der Waals surface area contributed by atoms with Gasteiger partial charge in [0.1, 0.15) is 0 Å². The average Bonchev–Trinajstić information content (AvgIpc) is 1.70. The number of likely N-dealkylation sites (tertiary alicyclic amines) is 3. The molecule has 5 fully saturated rings. The van der Waals surface area contributed by atoms with Crippen molar-refractivity contribution in [3.8, 4) is 71.0 Å². The number of aromatic nitrogens is 1. The van der Waals surface area contributed by atoms with Crippen LogP contribution in [0.25, 0.3) is 0 Å². The molecule has 87 heavy (non-hydrogen) atoms. The summed E-state index contributed by atoms with van der Waals surface area (Å²) in [5.74, 6) is 26.8. The lowest BCUT2D eigenvalue weighted by Gasteiger charge is -2.20. The highest BCUT2D eigenvalue weighted by atomic mass is 19.3. The second-order valence-electron chi connectivity index (χ2n) is 29.5. The Labute approximate surface area is 516 Å². The number of amides is 3. The van der Waals surface area contributed by atoms with Crippen molar-refractivity contribution in [2.24, 2.45) is 32.5 Å². The molecule has 1 aromatic rings. The van der Waals surface area contributed by atoms with Crippen LogP contribution >= 0.6 is 0 Å². The van der Waals surface area contributed by atoms with E-state index in [1.54, 1.807) is 34.0 Å². The van der Waals surface area contributed by atoms with Crippen LogP contribution < -0.4 is 0 Å². The van der Waals surface area contributed by atoms with Gasteiger partial charge in [0.25, 0.3) is 23.3 Å². The molecule has 7 atom stereocenters. The number of aliphatic hydroxyl groups is 6. The van der Waals surface area contributed by atoms with Crippen molar-refractivity contribution in [2.45, 2.75) is 228 Å². The van der Waals surface area contributed by atoms with Crippen molar-refractivity contribution < 1.29 is 67.8 Å². The summed E-state index contributed by atoms with van der Waals surface area (Å²) in [7, 11) is 4.34. The van der Waals surface area contributed by atoms with Crippen LogP contribution in [0, 0.1) is 104 Å². The van der Waals surface area contributed by atoms with Crippen molar-refractivity contribution in [3.63, 3.8) is 0 Å². The number of likely N-dealkylation sites (N-methyl/N-ethyl adjacent to an activating group) is 3. The molecule has 3 saturated heterocycles. The van der Waals surface area contributed by atoms with Crippen molar-refractivity contribution in [2.75, 3.05) is 40.8 Å². The van der Waals surface area contributed by atoms with E-state index in [1.807, 2.05) is 122 Å². The molecule has 3 amide bonds. The first-order valence-corrected chi connectivity index (χ1v) is 29.4. The van der Waals surface area contributed by atoms with Gasteiger partial charge in [0, 0.05) is 85.6 Å². The fraction of sp³-hybridized carbons (Fsp3) is 0.681. The van der Waals surface area contributed by atoms with Gasteiger partial charge in [0.05, 0.1) is 18.8 Å². The maximum Gasteiger partial charge on any atom is 0.313 e. The van der Waals surface area contributed by atoms with Crippen LogP contribution in [0.5, 0.6) is 0 Å². The lowest BCUT2D eigenvalue weighted by Crippen LogP contribution is -2.49. The van der Waals surface area contributed by atoms with Crippen molar-refractivity contribution in [1.82, 2.24) is 19.7 Å². The molecular formula is C69H97F3N4O11. The van der Waals surface area contributed by atoms with Gasteiger partial charge < -0.3 is 45.3 Å². The molecule has 7 rings (SSSR count). The standard InChI is InChI=1S/C14H17NO.C11H15F2NO2.C11H16FNO2.C11H17NO2.2C11H16O2/c1-13(2,3)8-9-14(16)7-6-11-5-4-10-15-12(11)14;1-9(2,3)5-6-10(16)8(15)14(4)7-11(10,12)13;1-10(2,3)5-6-11(15)8(12)7-13(4)9(11)14;1-10(2,3)5-6-11(14)7-8-12(4)9(11)13;2*1-10(2,3)7-8-11(13)6-4-5-9(11)12/h4-5,10,16H,6-7H2,1-3H3;16H,7H2,1-4H3;8,15H,7H2,1-4H3;14H,7-8H2,1-4H3;2*13H,4-6H2,1-3H3. The Morgan fingerprint density at radius 1 is 0.483 bits per heavy atom. The quantitative estimate of drug-likeness (QED) is 0.140. The zero-order valence-corrected chi connectivity index (χ0v) is 55.4. The van der Waals surface area contributed by atoms with Crippen LogP contribution in [-0.4, -0.2) is 160 Å². The third-order valence-electron chi connectivity index (χ3n) is 13.4. The average molecular weight is 1220 g/mol. The van der Waals surface area contributed by atoms with Gasteiger partial charge in [0.15, 0.2) is 34.5 Å². The highest BCUT2D eigenvalue weighted by Gasteiger charge is 2.65. The summed E-state index contributed by atoms with van der Waals surface area (Å²) in [6, 6.07) is 3.92. The first-order chi connectivity index (χ1) is 39.0. The lowest BCUT2D eigenvalue weighted by atomic mass is 9.93. The smallest absolute Gasteiger partial charge is 0.313 e. The maximum absolute atomic E-state index is 13.5. The number of pyridine rings is 1. The Hall–Kier alpha value is -6.19. The van der Waals surface area contributed by atoms with Crippen LogP contribution in [0.15, 0.2) is 18.3 Å². The largest absolute Gasteiger partial charge is 0.372 e. The van der Waals surface area contributed by atoms with Crippen LogP contribution in [0.3, 0.4) is 0 Å². The van der Waals surface area contributed by atoms with Crippen molar-refractivity contribution in [3.05, 3.63) is 29.6 Å². The highest BCUT2D eigenvalue weighted by molar-refractivity contribution is 5.94. The number of ketones is 2. The predicted molar refractivity (Wildman–Crippen MR) is 330 cm³/mol. The molecular weight excluding hydrogens is 1120 g/mol. The fourth-order valence-electron chi connectivity index (χ4n) is 8.30. The summed E-state index contributed by atoms with van der Waals surface area (Å²) >= 11 is 0. The first kappa shape index (κ1) is 76.9. The minimum Gasteiger partial charge on any atom is -0.372 e. The molecule has 0 spiro atoms. The third-order valence-corrected chi connectivity index (χ3v) is 13.4. The third kappa shape index (κ3) is 23.0. The molecule has 4 heterocycles. The fourth-order valence-corrected chi connectivity index (χ4v) is 8.30. The number of aryl methyl sites for hydroxylation is 1. The number of hydrogen-bond donors (Lipinski definition) is 6. The van der Waals surface area contributed by atoms with Crippen LogP contribution in [0.4, 0.5) is 13.2 Å². The second-order valence-corrected chi connectivity index (χ2v) is 29.5. The van der Waals surface area contributed by atoms with Gasteiger partial charge >= 0.3 is 5.92 Å². The van der Waals surface area contributed by atoms with E-state index >= 15 is 0 Å². The van der Waals surface area contributed by atoms with Gasteiger partial charge in [-0.25, -0.2) is 4.39 Å². The summed E-state index contributed by atoms with van der Waals surface area (Å²) in [4.78, 5) is 64.7. The lowest BCUT2D eigenvalue weighted by molar-refractivity contribution is -0.153. The van der Waals surface area contributed by atoms with Crippen molar-refractivity contribution in [1.29, 1.82) is 0 Å². The molecule has 6 N–H and O–H groups in total. The van der Waals surface area contributed by atoms with E-state index in [4.69, 9.17) is 0 Å². The van der Waals surface area contributed by atoms with Gasteiger partial charge in [-0.1, -0.05) is 77.1 Å². The Balaban J connectivity index is 0.000000357. The maximum atomic E-state index is 13.5. The molecule has 3 aliphatic carbocycles. The van der Waals surface area contributed by atoms with Crippen LogP contribution in [0.1, 0.15) is 187 Å². The summed E-state index contributed by atoms with van der Waals surface area (Å²) in [6.07, 6.45) is 5.45. The zero-order valence-electron chi connectivity index (χ0n) is 55.4. The minimum atomic E-state index is -3.53. The molecule has 0 aromatic carbocycles. The molecule has 18 heteroatoms. The second kappa shape index (κ2) is 28.1. The molecule has 0 radical (unpaired) electrons. The Morgan fingerprint density at radius 3 is 1.21 bits per heavy atom. The number of hydrogen-bond acceptors (Lipinski definition) is 12. The van der Waals surface area contributed by atoms with E-state index in [0.717, 1.165) is 40.3 Å². The number of halogens is 3. The number of alkyl halides is 3. The van der Waals surface area contributed by atoms with Crippen molar-refractivity contribution >= 4 is 29.3 Å². The Morgan fingerprint density at radius 2 is 0.874 bits per heavy atom. The summed E-state index contributed by atoms with van der Waals surface area (Å²) in [5.41, 5.74) is -9.82. The minimum absolute atomic E-state index is 0.0900. The SMILES string of the molecule is CC(C)(C)C#CC1(O)CCCC1=O.CC(C)(C)C#CC1(O)CCCC1=O.CC(C)(C)C#CC1(O)CCc2cccnc21.CN1CC(F)(F)C(O)(C#CC(C)(C)C)C1=O.CN1CC(F)C(O)(C#CC(C)(C)C)C1=O.CN1CCC(O)(C#CC(C)(C)C)C1=O. The summed E-state index contributed by atoms with van der Waals surface area (Å²) in [6.45, 7) is 34.0. The Bertz CT molecular complexity index is 3040. The monoisotopic (exact) mass is 1210 g/mol. The van der Waals surface area contributed by atoms with E-state index in [2.05, 4.69) is 70.1 Å². The first-order valence-electron chi connectivity index (χ1n) is 29.4. The number of carbonyl (C=O) groups excluding carboxylic acids is 5. The summed E-state index contributed by atoms with van der Waals surface area (Å²) in [5, 5.41) is 59.5. The molecule has 0 bridgehead atoms.